The van der Waals surface area contributed by atoms with Crippen LogP contribution in [0.3, 0.4) is 0 Å². The maximum Gasteiger partial charge on any atom is 0.0991 e. The number of nitrogens with zero attached hydrogens (tertiary/aromatic N) is 2. The summed E-state index contributed by atoms with van der Waals surface area (Å²) in [6.07, 6.45) is 2.81. The number of nitriles is 1. The van der Waals surface area contributed by atoms with E-state index in [4.69, 9.17) is 10.00 Å². The molecule has 0 spiro atoms. The molecule has 0 saturated carbocycles. The molecule has 3 atom stereocenters. The lowest BCUT2D eigenvalue weighted by Gasteiger charge is -2.37. The van der Waals surface area contributed by atoms with Crippen LogP contribution in [-0.2, 0) is 11.3 Å². The summed E-state index contributed by atoms with van der Waals surface area (Å²) in [5, 5.41) is 19.2. The molecular weight excluding hydrogens is 264 g/mol. The van der Waals surface area contributed by atoms with E-state index < -0.39 is 0 Å². The zero-order chi connectivity index (χ0) is 14.7. The van der Waals surface area contributed by atoms with Crippen molar-refractivity contribution < 1.29 is 9.84 Å². The summed E-state index contributed by atoms with van der Waals surface area (Å²) >= 11 is 0. The van der Waals surface area contributed by atoms with Gasteiger partial charge in [-0.2, -0.15) is 5.26 Å². The third-order valence-corrected chi connectivity index (χ3v) is 4.71. The first-order valence-corrected chi connectivity index (χ1v) is 7.77. The number of rotatable bonds is 3. The second-order valence-electron chi connectivity index (χ2n) is 6.09. The number of aliphatic hydroxyl groups excluding tert-OH is 1. The quantitative estimate of drug-likeness (QED) is 0.922. The molecule has 21 heavy (non-hydrogen) atoms. The first-order chi connectivity index (χ1) is 10.3. The van der Waals surface area contributed by atoms with Gasteiger partial charge in [-0.15, -0.1) is 0 Å². The van der Waals surface area contributed by atoms with Crippen LogP contribution in [0.15, 0.2) is 24.3 Å². The Labute approximate surface area is 125 Å². The third-order valence-electron chi connectivity index (χ3n) is 4.71. The van der Waals surface area contributed by atoms with Crippen molar-refractivity contribution in [3.63, 3.8) is 0 Å². The van der Waals surface area contributed by atoms with Crippen molar-refractivity contribution in [2.75, 3.05) is 19.8 Å². The molecule has 3 rings (SSSR count). The van der Waals surface area contributed by atoms with Gasteiger partial charge in [0.1, 0.15) is 0 Å². The number of aliphatic hydroxyl groups is 1. The van der Waals surface area contributed by atoms with Crippen LogP contribution in [0.4, 0.5) is 0 Å². The van der Waals surface area contributed by atoms with E-state index in [0.29, 0.717) is 24.8 Å². The van der Waals surface area contributed by atoms with Gasteiger partial charge in [-0.05, 0) is 43.5 Å². The summed E-state index contributed by atoms with van der Waals surface area (Å²) in [4.78, 5) is 2.44. The smallest absolute Gasteiger partial charge is 0.0991 e. The van der Waals surface area contributed by atoms with Crippen LogP contribution in [0, 0.1) is 17.2 Å². The molecule has 2 aliphatic heterocycles. The van der Waals surface area contributed by atoms with E-state index in [1.807, 2.05) is 18.2 Å². The summed E-state index contributed by atoms with van der Waals surface area (Å²) in [6, 6.07) is 10.4. The molecule has 0 unspecified atom stereocenters. The number of hydrogen-bond acceptors (Lipinski definition) is 4. The number of hydrogen-bond donors (Lipinski definition) is 1. The SMILES string of the molecule is N#Cc1cccc(CN2CCC[C@@H]2[C@@H]2COCC[C@H]2O)c1. The fourth-order valence-electron chi connectivity index (χ4n) is 3.62. The number of benzene rings is 1. The minimum atomic E-state index is -0.241. The summed E-state index contributed by atoms with van der Waals surface area (Å²) in [5.41, 5.74) is 1.89. The Morgan fingerprint density at radius 3 is 3.10 bits per heavy atom. The molecule has 2 saturated heterocycles. The third kappa shape index (κ3) is 3.26. The Kier molecular flexibility index (Phi) is 4.54. The molecule has 2 heterocycles. The molecule has 0 aliphatic carbocycles. The Morgan fingerprint density at radius 2 is 2.29 bits per heavy atom. The van der Waals surface area contributed by atoms with Crippen LogP contribution >= 0.6 is 0 Å². The van der Waals surface area contributed by atoms with Gasteiger partial charge in [-0.1, -0.05) is 12.1 Å². The second kappa shape index (κ2) is 6.57. The van der Waals surface area contributed by atoms with E-state index in [-0.39, 0.29) is 12.0 Å². The standard InChI is InChI=1S/C17H22N2O2/c18-10-13-3-1-4-14(9-13)11-19-7-2-5-16(19)15-12-21-8-6-17(15)20/h1,3-4,9,15-17,20H,2,5-8,11-12H2/t15-,16+,17+/m0/s1. The van der Waals surface area contributed by atoms with E-state index in [2.05, 4.69) is 17.0 Å². The highest BCUT2D eigenvalue weighted by Crippen LogP contribution is 2.31. The molecule has 2 aliphatic rings. The normalized spacial score (nSPS) is 30.2. The predicted molar refractivity (Wildman–Crippen MR) is 79.5 cm³/mol. The topological polar surface area (TPSA) is 56.5 Å². The van der Waals surface area contributed by atoms with Crippen LogP contribution in [0.25, 0.3) is 0 Å². The summed E-state index contributed by atoms with van der Waals surface area (Å²) in [6.45, 7) is 3.25. The summed E-state index contributed by atoms with van der Waals surface area (Å²) in [5.74, 6) is 0.223. The molecule has 112 valence electrons. The van der Waals surface area contributed by atoms with Gasteiger partial charge in [0.25, 0.3) is 0 Å². The predicted octanol–water partition coefficient (Wildman–Crippen LogP) is 1.92. The molecule has 0 amide bonds. The maximum absolute atomic E-state index is 10.2. The molecule has 0 aromatic heterocycles. The first-order valence-electron chi connectivity index (χ1n) is 7.77. The van der Waals surface area contributed by atoms with Gasteiger partial charge in [0.15, 0.2) is 0 Å². The van der Waals surface area contributed by atoms with Crippen molar-refractivity contribution in [1.29, 1.82) is 5.26 Å². The van der Waals surface area contributed by atoms with E-state index in [1.165, 1.54) is 12.0 Å². The van der Waals surface area contributed by atoms with Crippen molar-refractivity contribution in [2.45, 2.75) is 38.0 Å². The van der Waals surface area contributed by atoms with E-state index in [0.717, 1.165) is 25.9 Å². The molecular formula is C17H22N2O2. The van der Waals surface area contributed by atoms with Crippen molar-refractivity contribution in [3.05, 3.63) is 35.4 Å². The zero-order valence-corrected chi connectivity index (χ0v) is 12.2. The van der Waals surface area contributed by atoms with Gasteiger partial charge in [-0.3, -0.25) is 4.90 Å². The molecule has 2 fully saturated rings. The van der Waals surface area contributed by atoms with E-state index in [9.17, 15) is 5.11 Å². The van der Waals surface area contributed by atoms with Crippen molar-refractivity contribution in [3.8, 4) is 6.07 Å². The number of likely N-dealkylation sites (tertiary alicyclic amines) is 1. The maximum atomic E-state index is 10.2. The zero-order valence-electron chi connectivity index (χ0n) is 12.2. The van der Waals surface area contributed by atoms with Gasteiger partial charge in [0.2, 0.25) is 0 Å². The lowest BCUT2D eigenvalue weighted by atomic mass is 9.89. The Bertz CT molecular complexity index is 526. The van der Waals surface area contributed by atoms with Crippen LogP contribution in [0.1, 0.15) is 30.4 Å². The highest BCUT2D eigenvalue weighted by Gasteiger charge is 2.37. The van der Waals surface area contributed by atoms with Crippen molar-refractivity contribution >= 4 is 0 Å². The second-order valence-corrected chi connectivity index (χ2v) is 6.09. The lowest BCUT2D eigenvalue weighted by Crippen LogP contribution is -2.45. The molecule has 1 aromatic rings. The van der Waals surface area contributed by atoms with E-state index in [1.54, 1.807) is 0 Å². The monoisotopic (exact) mass is 286 g/mol. The fourth-order valence-corrected chi connectivity index (χ4v) is 3.62. The Hall–Kier alpha value is -1.41. The molecule has 0 radical (unpaired) electrons. The average Bonchev–Trinajstić information content (AvgIpc) is 2.96. The lowest BCUT2D eigenvalue weighted by molar-refractivity contribution is -0.0636. The number of ether oxygens (including phenoxy) is 1. The summed E-state index contributed by atoms with van der Waals surface area (Å²) < 4.78 is 5.57. The van der Waals surface area contributed by atoms with Gasteiger partial charge in [0, 0.05) is 25.1 Å². The Balaban J connectivity index is 1.70. The Morgan fingerprint density at radius 1 is 1.38 bits per heavy atom. The molecule has 1 aromatic carbocycles. The van der Waals surface area contributed by atoms with Gasteiger partial charge >= 0.3 is 0 Å². The largest absolute Gasteiger partial charge is 0.393 e. The highest BCUT2D eigenvalue weighted by molar-refractivity contribution is 5.32. The van der Waals surface area contributed by atoms with Crippen molar-refractivity contribution in [1.82, 2.24) is 4.90 Å². The van der Waals surface area contributed by atoms with Gasteiger partial charge in [0.05, 0.1) is 24.3 Å². The molecule has 4 heteroatoms. The van der Waals surface area contributed by atoms with Crippen LogP contribution in [-0.4, -0.2) is 41.9 Å². The van der Waals surface area contributed by atoms with E-state index >= 15 is 0 Å². The fraction of sp³-hybridized carbons (Fsp3) is 0.588. The molecule has 0 bridgehead atoms. The average molecular weight is 286 g/mol. The van der Waals surface area contributed by atoms with Crippen molar-refractivity contribution in [2.24, 2.45) is 5.92 Å². The first kappa shape index (κ1) is 14.5. The van der Waals surface area contributed by atoms with Crippen LogP contribution < -0.4 is 0 Å². The van der Waals surface area contributed by atoms with Gasteiger partial charge in [-0.25, -0.2) is 0 Å². The van der Waals surface area contributed by atoms with Crippen LogP contribution in [0.5, 0.6) is 0 Å². The minimum absolute atomic E-state index is 0.223. The minimum Gasteiger partial charge on any atom is -0.393 e. The molecule has 4 nitrogen and oxygen atoms in total. The highest BCUT2D eigenvalue weighted by atomic mass is 16.5. The van der Waals surface area contributed by atoms with Gasteiger partial charge < -0.3 is 9.84 Å². The van der Waals surface area contributed by atoms with Crippen LogP contribution in [0.2, 0.25) is 0 Å². The summed E-state index contributed by atoms with van der Waals surface area (Å²) in [7, 11) is 0. The molecule has 1 N–H and O–H groups in total.